The molecule has 0 atom stereocenters. The van der Waals surface area contributed by atoms with Gasteiger partial charge in [-0.2, -0.15) is 0 Å². The first-order chi connectivity index (χ1) is 19.6. The minimum Gasteiger partial charge on any atom is -0.310 e. The summed E-state index contributed by atoms with van der Waals surface area (Å²) in [4.78, 5) is 11.7. The van der Waals surface area contributed by atoms with Crippen molar-refractivity contribution in [3.63, 3.8) is 0 Å². The van der Waals surface area contributed by atoms with E-state index in [1.54, 1.807) is 12.4 Å². The molecule has 0 aliphatic heterocycles. The predicted molar refractivity (Wildman–Crippen MR) is 165 cm³/mol. The highest BCUT2D eigenvalue weighted by atomic mass is 15.1. The van der Waals surface area contributed by atoms with Gasteiger partial charge in [0.2, 0.25) is 0 Å². The summed E-state index contributed by atoms with van der Waals surface area (Å²) in [6, 6.07) is 45.1. The van der Waals surface area contributed by atoms with Crippen molar-refractivity contribution in [2.45, 2.75) is 19.3 Å². The van der Waals surface area contributed by atoms with Crippen LogP contribution >= 0.6 is 0 Å². The summed E-state index contributed by atoms with van der Waals surface area (Å²) in [6.07, 6.45) is 3.52. The topological polar surface area (TPSA) is 29.0 Å². The zero-order valence-corrected chi connectivity index (χ0v) is 22.6. The third-order valence-corrected chi connectivity index (χ3v) is 7.98. The standard InChI is InChI=1S/C37H29N3/c1-37(2)33-16-10-9-15-31(33)32-22-21-30(25-34(32)37)40(28-13-7-4-8-14-28)29-19-17-27(18-20-29)36-35(38-23-24-39-36)26-11-5-3-6-12-26/h3-25H,1-2H3. The van der Waals surface area contributed by atoms with Crippen LogP contribution in [0, 0.1) is 0 Å². The molecule has 0 radical (unpaired) electrons. The number of fused-ring (bicyclic) bond motifs is 3. The van der Waals surface area contributed by atoms with E-state index < -0.39 is 0 Å². The average molecular weight is 516 g/mol. The smallest absolute Gasteiger partial charge is 0.0965 e. The van der Waals surface area contributed by atoms with E-state index in [2.05, 4.69) is 133 Å². The zero-order chi connectivity index (χ0) is 27.1. The molecule has 7 rings (SSSR count). The first-order valence-corrected chi connectivity index (χ1v) is 13.7. The number of aromatic nitrogens is 2. The van der Waals surface area contributed by atoms with Crippen LogP contribution < -0.4 is 4.90 Å². The maximum absolute atomic E-state index is 4.72. The van der Waals surface area contributed by atoms with E-state index in [0.29, 0.717) is 0 Å². The maximum Gasteiger partial charge on any atom is 0.0965 e. The molecule has 5 aromatic carbocycles. The molecule has 6 aromatic rings. The van der Waals surface area contributed by atoms with Gasteiger partial charge in [-0.25, -0.2) is 0 Å². The summed E-state index contributed by atoms with van der Waals surface area (Å²) in [7, 11) is 0. The monoisotopic (exact) mass is 515 g/mol. The van der Waals surface area contributed by atoms with Gasteiger partial charge in [0, 0.05) is 46.0 Å². The van der Waals surface area contributed by atoms with Gasteiger partial charge in [-0.3, -0.25) is 9.97 Å². The molecule has 0 bridgehead atoms. The Labute approximate surface area is 235 Å². The predicted octanol–water partition coefficient (Wildman–Crippen LogP) is 9.59. The van der Waals surface area contributed by atoms with E-state index in [4.69, 9.17) is 4.98 Å². The molecule has 0 saturated carbocycles. The second kappa shape index (κ2) is 9.62. The van der Waals surface area contributed by atoms with Crippen LogP contribution in [-0.4, -0.2) is 9.97 Å². The second-order valence-corrected chi connectivity index (χ2v) is 10.7. The first kappa shape index (κ1) is 24.1. The molecular formula is C37H29N3. The first-order valence-electron chi connectivity index (χ1n) is 13.7. The van der Waals surface area contributed by atoms with Crippen LogP contribution in [0.25, 0.3) is 33.6 Å². The van der Waals surface area contributed by atoms with Crippen LogP contribution in [-0.2, 0) is 5.41 Å². The number of para-hydroxylation sites is 1. The molecule has 1 aliphatic rings. The summed E-state index contributed by atoms with van der Waals surface area (Å²) in [5.74, 6) is 0. The molecule has 3 heteroatoms. The number of hydrogen-bond donors (Lipinski definition) is 0. The van der Waals surface area contributed by atoms with Crippen LogP contribution in [0.3, 0.4) is 0 Å². The fourth-order valence-corrected chi connectivity index (χ4v) is 5.98. The van der Waals surface area contributed by atoms with Gasteiger partial charge in [0.05, 0.1) is 11.4 Å². The third-order valence-electron chi connectivity index (χ3n) is 7.98. The molecule has 40 heavy (non-hydrogen) atoms. The molecule has 0 amide bonds. The van der Waals surface area contributed by atoms with Gasteiger partial charge in [0.15, 0.2) is 0 Å². The number of anilines is 3. The lowest BCUT2D eigenvalue weighted by atomic mass is 9.82. The highest BCUT2D eigenvalue weighted by molar-refractivity contribution is 5.86. The highest BCUT2D eigenvalue weighted by Crippen LogP contribution is 2.50. The summed E-state index contributed by atoms with van der Waals surface area (Å²) < 4.78 is 0. The normalized spacial score (nSPS) is 12.9. The van der Waals surface area contributed by atoms with Crippen molar-refractivity contribution in [3.8, 4) is 33.6 Å². The molecular weight excluding hydrogens is 486 g/mol. The number of nitrogens with zero attached hydrogens (tertiary/aromatic N) is 3. The molecule has 1 heterocycles. The highest BCUT2D eigenvalue weighted by Gasteiger charge is 2.35. The Balaban J connectivity index is 1.32. The van der Waals surface area contributed by atoms with E-state index in [-0.39, 0.29) is 5.41 Å². The SMILES string of the molecule is CC1(C)c2ccccc2-c2ccc(N(c3ccccc3)c3ccc(-c4nccnc4-c4ccccc4)cc3)cc21. The molecule has 3 nitrogen and oxygen atoms in total. The average Bonchev–Trinajstić information content (AvgIpc) is 3.25. The lowest BCUT2D eigenvalue weighted by Gasteiger charge is -2.28. The van der Waals surface area contributed by atoms with Crippen LogP contribution in [0.15, 0.2) is 140 Å². The van der Waals surface area contributed by atoms with Gasteiger partial charge in [-0.05, 0) is 58.7 Å². The van der Waals surface area contributed by atoms with E-state index >= 15 is 0 Å². The Morgan fingerprint density at radius 2 is 1.00 bits per heavy atom. The van der Waals surface area contributed by atoms with Gasteiger partial charge in [0.25, 0.3) is 0 Å². The Bertz CT molecular complexity index is 1810. The van der Waals surface area contributed by atoms with Gasteiger partial charge in [-0.1, -0.05) is 105 Å². The lowest BCUT2D eigenvalue weighted by Crippen LogP contribution is -2.16. The van der Waals surface area contributed by atoms with Gasteiger partial charge >= 0.3 is 0 Å². The number of benzene rings is 5. The summed E-state index contributed by atoms with van der Waals surface area (Å²) in [5.41, 5.74) is 12.5. The summed E-state index contributed by atoms with van der Waals surface area (Å²) >= 11 is 0. The zero-order valence-electron chi connectivity index (χ0n) is 22.6. The minimum atomic E-state index is -0.0615. The molecule has 0 N–H and O–H groups in total. The molecule has 1 aromatic heterocycles. The van der Waals surface area contributed by atoms with Crippen molar-refractivity contribution in [2.75, 3.05) is 4.90 Å². The molecule has 0 fully saturated rings. The van der Waals surface area contributed by atoms with Crippen LogP contribution in [0.4, 0.5) is 17.1 Å². The fourth-order valence-electron chi connectivity index (χ4n) is 5.98. The molecule has 0 saturated heterocycles. The van der Waals surface area contributed by atoms with E-state index in [1.807, 2.05) is 18.2 Å². The summed E-state index contributed by atoms with van der Waals surface area (Å²) in [5, 5.41) is 0. The number of rotatable bonds is 5. The van der Waals surface area contributed by atoms with Crippen LogP contribution in [0.5, 0.6) is 0 Å². The van der Waals surface area contributed by atoms with Crippen molar-refractivity contribution in [3.05, 3.63) is 151 Å². The summed E-state index contributed by atoms with van der Waals surface area (Å²) in [6.45, 7) is 4.66. The van der Waals surface area contributed by atoms with Crippen molar-refractivity contribution in [2.24, 2.45) is 0 Å². The van der Waals surface area contributed by atoms with Crippen molar-refractivity contribution >= 4 is 17.1 Å². The third kappa shape index (κ3) is 3.99. The van der Waals surface area contributed by atoms with Crippen LogP contribution in [0.1, 0.15) is 25.0 Å². The van der Waals surface area contributed by atoms with E-state index in [9.17, 15) is 0 Å². The van der Waals surface area contributed by atoms with Gasteiger partial charge in [0.1, 0.15) is 0 Å². The maximum atomic E-state index is 4.72. The minimum absolute atomic E-state index is 0.0615. The second-order valence-electron chi connectivity index (χ2n) is 10.7. The Hall–Kier alpha value is -5.02. The van der Waals surface area contributed by atoms with Crippen molar-refractivity contribution in [1.82, 2.24) is 9.97 Å². The largest absolute Gasteiger partial charge is 0.310 e. The molecule has 1 aliphatic carbocycles. The Kier molecular flexibility index (Phi) is 5.78. The Morgan fingerprint density at radius 3 is 1.70 bits per heavy atom. The Morgan fingerprint density at radius 1 is 0.475 bits per heavy atom. The van der Waals surface area contributed by atoms with Crippen molar-refractivity contribution in [1.29, 1.82) is 0 Å². The van der Waals surface area contributed by atoms with Crippen LogP contribution in [0.2, 0.25) is 0 Å². The van der Waals surface area contributed by atoms with Crippen molar-refractivity contribution < 1.29 is 0 Å². The van der Waals surface area contributed by atoms with Gasteiger partial charge < -0.3 is 4.90 Å². The van der Waals surface area contributed by atoms with Gasteiger partial charge in [-0.15, -0.1) is 0 Å². The van der Waals surface area contributed by atoms with E-state index in [1.165, 1.54) is 22.3 Å². The molecule has 0 unspecified atom stereocenters. The molecule has 0 spiro atoms. The fraction of sp³-hybridized carbons (Fsp3) is 0.0811. The quantitative estimate of drug-likeness (QED) is 0.229. The molecule has 192 valence electrons. The lowest BCUT2D eigenvalue weighted by molar-refractivity contribution is 0.660. The van der Waals surface area contributed by atoms with E-state index in [0.717, 1.165) is 39.6 Å². The number of hydrogen-bond acceptors (Lipinski definition) is 3.